The van der Waals surface area contributed by atoms with Crippen LogP contribution in [0.25, 0.3) is 11.3 Å². The third-order valence-electron chi connectivity index (χ3n) is 6.50. The van der Waals surface area contributed by atoms with E-state index in [0.29, 0.717) is 37.6 Å². The molecular weight excluding hydrogens is 408 g/mol. The fourth-order valence-corrected chi connectivity index (χ4v) is 4.59. The van der Waals surface area contributed by atoms with E-state index in [-0.39, 0.29) is 28.6 Å². The number of hydrogen-bond donors (Lipinski definition) is 0. The van der Waals surface area contributed by atoms with Crippen molar-refractivity contribution >= 4 is 11.7 Å². The van der Waals surface area contributed by atoms with Crippen LogP contribution in [-0.2, 0) is 17.8 Å². The highest BCUT2D eigenvalue weighted by Gasteiger charge is 2.34. The maximum Gasteiger partial charge on any atom is 0.244 e. The van der Waals surface area contributed by atoms with Gasteiger partial charge in [0.25, 0.3) is 0 Å². The normalized spacial score (nSPS) is 16.3. The van der Waals surface area contributed by atoms with Gasteiger partial charge < -0.3 is 9.47 Å². The number of pyridine rings is 1. The van der Waals surface area contributed by atoms with Crippen LogP contribution in [0.4, 0.5) is 0 Å². The first-order chi connectivity index (χ1) is 15.3. The Balaban J connectivity index is 1.65. The predicted molar refractivity (Wildman–Crippen MR) is 120 cm³/mol. The Kier molecular flexibility index (Phi) is 5.07. The van der Waals surface area contributed by atoms with Gasteiger partial charge in [0.1, 0.15) is 0 Å². The standard InChI is InChI=1S/C25H28N2O5/c1-14(2)25(30)27-12-17-10-22(31-8-6-16-4-5-16)24-18(7-9-32-24)23(17)20-11-21(29)19(15(3)28)13-26(20)27/h10-11,13-14,16H,4-9,12H2,1-3H3. The maximum absolute atomic E-state index is 13.1. The molecule has 3 heterocycles. The summed E-state index contributed by atoms with van der Waals surface area (Å²) in [6.45, 7) is 6.59. The number of ether oxygens (including phenoxy) is 2. The molecule has 1 fully saturated rings. The first-order valence-corrected chi connectivity index (χ1v) is 11.4. The number of Topliss-reactive ketones (excluding diaryl/α,β-unsaturated/α-hetero) is 1. The van der Waals surface area contributed by atoms with Gasteiger partial charge in [-0.2, -0.15) is 0 Å². The molecule has 1 aromatic carbocycles. The van der Waals surface area contributed by atoms with Gasteiger partial charge in [-0.3, -0.25) is 19.1 Å². The molecule has 0 saturated heterocycles. The van der Waals surface area contributed by atoms with Gasteiger partial charge >= 0.3 is 0 Å². The molecule has 1 amide bonds. The average molecular weight is 437 g/mol. The lowest BCUT2D eigenvalue weighted by atomic mass is 9.93. The Morgan fingerprint density at radius 3 is 2.72 bits per heavy atom. The third kappa shape index (κ3) is 3.49. The van der Waals surface area contributed by atoms with Crippen LogP contribution in [-0.4, -0.2) is 29.6 Å². The monoisotopic (exact) mass is 436 g/mol. The minimum absolute atomic E-state index is 0.0756. The number of ketones is 1. The van der Waals surface area contributed by atoms with Gasteiger partial charge in [0.2, 0.25) is 5.91 Å². The summed E-state index contributed by atoms with van der Waals surface area (Å²) in [7, 11) is 0. The molecule has 0 unspecified atom stereocenters. The van der Waals surface area contributed by atoms with E-state index >= 15 is 0 Å². The second kappa shape index (κ2) is 7.80. The molecule has 0 atom stereocenters. The second-order valence-electron chi connectivity index (χ2n) is 9.28. The highest BCUT2D eigenvalue weighted by molar-refractivity contribution is 5.95. The Morgan fingerprint density at radius 1 is 1.25 bits per heavy atom. The van der Waals surface area contributed by atoms with Crippen molar-refractivity contribution in [1.29, 1.82) is 0 Å². The summed E-state index contributed by atoms with van der Waals surface area (Å²) in [4.78, 5) is 37.9. The number of fused-ring (bicyclic) bond motifs is 5. The van der Waals surface area contributed by atoms with Crippen LogP contribution in [0.5, 0.6) is 11.5 Å². The lowest BCUT2D eigenvalue weighted by molar-refractivity contribution is -0.123. The van der Waals surface area contributed by atoms with Crippen LogP contribution in [0, 0.1) is 11.8 Å². The molecule has 2 aliphatic heterocycles. The molecule has 168 valence electrons. The van der Waals surface area contributed by atoms with E-state index in [1.54, 1.807) is 9.69 Å². The zero-order valence-electron chi connectivity index (χ0n) is 18.8. The van der Waals surface area contributed by atoms with E-state index in [9.17, 15) is 14.4 Å². The van der Waals surface area contributed by atoms with Crippen LogP contribution < -0.4 is 19.9 Å². The first-order valence-electron chi connectivity index (χ1n) is 11.4. The largest absolute Gasteiger partial charge is 0.490 e. The van der Waals surface area contributed by atoms with E-state index in [1.807, 2.05) is 19.9 Å². The average Bonchev–Trinajstić information content (AvgIpc) is 3.44. The second-order valence-corrected chi connectivity index (χ2v) is 9.28. The zero-order chi connectivity index (χ0) is 22.6. The smallest absolute Gasteiger partial charge is 0.244 e. The van der Waals surface area contributed by atoms with E-state index in [4.69, 9.17) is 9.47 Å². The van der Waals surface area contributed by atoms with Crippen molar-refractivity contribution in [3.8, 4) is 22.8 Å². The van der Waals surface area contributed by atoms with E-state index in [2.05, 4.69) is 0 Å². The molecule has 7 nitrogen and oxygen atoms in total. The van der Waals surface area contributed by atoms with E-state index in [0.717, 1.165) is 34.8 Å². The molecule has 0 bridgehead atoms. The number of carbonyl (C=O) groups is 2. The summed E-state index contributed by atoms with van der Waals surface area (Å²) >= 11 is 0. The highest BCUT2D eigenvalue weighted by Crippen LogP contribution is 2.46. The lowest BCUT2D eigenvalue weighted by Gasteiger charge is -2.35. The predicted octanol–water partition coefficient (Wildman–Crippen LogP) is 3.47. The molecule has 1 saturated carbocycles. The number of hydrogen-bond acceptors (Lipinski definition) is 5. The van der Waals surface area contributed by atoms with E-state index in [1.165, 1.54) is 32.0 Å². The highest BCUT2D eigenvalue weighted by atomic mass is 16.5. The lowest BCUT2D eigenvalue weighted by Crippen LogP contribution is -2.46. The Bertz CT molecular complexity index is 1180. The topological polar surface area (TPSA) is 77.8 Å². The third-order valence-corrected chi connectivity index (χ3v) is 6.50. The van der Waals surface area contributed by atoms with Gasteiger partial charge in [-0.25, -0.2) is 5.01 Å². The summed E-state index contributed by atoms with van der Waals surface area (Å²) in [5.41, 5.74) is 3.19. The first kappa shape index (κ1) is 20.8. The molecule has 3 aliphatic rings. The van der Waals surface area contributed by atoms with Gasteiger partial charge in [0.15, 0.2) is 22.7 Å². The number of nitrogens with zero attached hydrogens (tertiary/aromatic N) is 2. The summed E-state index contributed by atoms with van der Waals surface area (Å²) < 4.78 is 13.7. The zero-order valence-corrected chi connectivity index (χ0v) is 18.8. The summed E-state index contributed by atoms with van der Waals surface area (Å²) in [5.74, 6) is 1.58. The molecule has 32 heavy (non-hydrogen) atoms. The minimum Gasteiger partial charge on any atom is -0.490 e. The number of rotatable bonds is 6. The Morgan fingerprint density at radius 2 is 2.03 bits per heavy atom. The minimum atomic E-state index is -0.342. The van der Waals surface area contributed by atoms with Crippen LogP contribution in [0.2, 0.25) is 0 Å². The summed E-state index contributed by atoms with van der Waals surface area (Å²) in [6.07, 6.45) is 5.81. The number of benzene rings is 1. The number of aromatic nitrogens is 1. The SMILES string of the molecule is CC(=O)c1cn2c(cc1=O)-c1c(cc(OCCC3CC3)c3c1CCO3)CN2C(=O)C(C)C. The molecule has 2 aromatic rings. The molecule has 7 heteroatoms. The van der Waals surface area contributed by atoms with Gasteiger partial charge in [0.05, 0.1) is 31.0 Å². The van der Waals surface area contributed by atoms with Crippen molar-refractivity contribution in [3.63, 3.8) is 0 Å². The Hall–Kier alpha value is -3.09. The van der Waals surface area contributed by atoms with Crippen molar-refractivity contribution in [1.82, 2.24) is 4.68 Å². The van der Waals surface area contributed by atoms with E-state index < -0.39 is 0 Å². The summed E-state index contributed by atoms with van der Waals surface area (Å²) in [6, 6.07) is 3.43. The molecule has 0 spiro atoms. The van der Waals surface area contributed by atoms with Crippen LogP contribution >= 0.6 is 0 Å². The van der Waals surface area contributed by atoms with Crippen LogP contribution in [0.15, 0.2) is 23.1 Å². The van der Waals surface area contributed by atoms with Crippen LogP contribution in [0.3, 0.4) is 0 Å². The number of carbonyl (C=O) groups excluding carboxylic acids is 2. The molecule has 5 rings (SSSR count). The van der Waals surface area contributed by atoms with Crippen molar-refractivity contribution in [2.75, 3.05) is 18.2 Å². The number of amides is 1. The molecule has 0 radical (unpaired) electrons. The molecule has 1 aliphatic carbocycles. The Labute approximate surface area is 186 Å². The van der Waals surface area contributed by atoms with Crippen molar-refractivity contribution in [2.45, 2.75) is 53.0 Å². The summed E-state index contributed by atoms with van der Waals surface area (Å²) in [5, 5.41) is 1.62. The fraction of sp³-hybridized carbons (Fsp3) is 0.480. The molecular formula is C25H28N2O5. The van der Waals surface area contributed by atoms with Crippen LogP contribution in [0.1, 0.15) is 61.5 Å². The fourth-order valence-electron chi connectivity index (χ4n) is 4.59. The molecule has 1 aromatic heterocycles. The van der Waals surface area contributed by atoms with Gasteiger partial charge in [-0.05, 0) is 30.9 Å². The molecule has 0 N–H and O–H groups in total. The van der Waals surface area contributed by atoms with Gasteiger partial charge in [-0.15, -0.1) is 0 Å². The van der Waals surface area contributed by atoms with Crippen molar-refractivity contribution in [2.24, 2.45) is 11.8 Å². The quantitative estimate of drug-likeness (QED) is 0.648. The van der Waals surface area contributed by atoms with Crippen molar-refractivity contribution < 1.29 is 19.1 Å². The van der Waals surface area contributed by atoms with Gasteiger partial charge in [0, 0.05) is 35.7 Å². The maximum atomic E-state index is 13.1. The van der Waals surface area contributed by atoms with Gasteiger partial charge in [-0.1, -0.05) is 26.7 Å². The van der Waals surface area contributed by atoms with Crippen molar-refractivity contribution in [3.05, 3.63) is 45.2 Å².